The van der Waals surface area contributed by atoms with E-state index in [1.807, 2.05) is 50.3 Å². The molecule has 3 rings (SSSR count). The highest BCUT2D eigenvalue weighted by Crippen LogP contribution is 2.27. The number of hydrogen-bond acceptors (Lipinski definition) is 9. The molecule has 0 unspecified atom stereocenters. The van der Waals surface area contributed by atoms with E-state index < -0.39 is 63.8 Å². The standard InChI is InChI=1S/C35H46Cl3N5O7/c1-8-20(2)29(30(45)39-21(3)31(46)43-17-9-10-27(42-43)32(47)49-19-35(36,37)38)41-33(48)34(6,7)16-15-24-11-12-25-13-14-26(40-28(25)18-24)22(4)50-23(5)44/h11-16,18,20-22,27,29,42H,8-10,17,19H2,1-7H3,(H,39,45)(H,41,48)/b16-15+/t20-,21-,22+,27-,29-/m0/s1. The molecule has 274 valence electrons. The van der Waals surface area contributed by atoms with Gasteiger partial charge in [0.25, 0.3) is 5.91 Å². The summed E-state index contributed by atoms with van der Waals surface area (Å²) in [6, 6.07) is 6.70. The van der Waals surface area contributed by atoms with E-state index in [2.05, 4.69) is 21.0 Å². The van der Waals surface area contributed by atoms with Gasteiger partial charge in [-0.25, -0.2) is 10.4 Å². The van der Waals surface area contributed by atoms with Crippen LogP contribution in [0, 0.1) is 11.3 Å². The number of hydrazine groups is 1. The van der Waals surface area contributed by atoms with Gasteiger partial charge in [0.1, 0.15) is 30.8 Å². The number of hydrogen-bond donors (Lipinski definition) is 3. The van der Waals surface area contributed by atoms with Gasteiger partial charge >= 0.3 is 11.9 Å². The van der Waals surface area contributed by atoms with Gasteiger partial charge in [0.15, 0.2) is 0 Å². The van der Waals surface area contributed by atoms with Crippen LogP contribution in [-0.4, -0.2) is 74.7 Å². The van der Waals surface area contributed by atoms with Crippen LogP contribution in [0.4, 0.5) is 0 Å². The summed E-state index contributed by atoms with van der Waals surface area (Å²) in [5.41, 5.74) is 3.96. The number of alkyl halides is 3. The molecule has 0 radical (unpaired) electrons. The van der Waals surface area contributed by atoms with Crippen LogP contribution < -0.4 is 16.1 Å². The summed E-state index contributed by atoms with van der Waals surface area (Å²) in [7, 11) is 0. The van der Waals surface area contributed by atoms with E-state index in [0.29, 0.717) is 37.0 Å². The first kappa shape index (κ1) is 41.0. The number of esters is 2. The van der Waals surface area contributed by atoms with Gasteiger partial charge in [0, 0.05) is 18.9 Å². The number of halogens is 3. The monoisotopic (exact) mass is 753 g/mol. The molecule has 50 heavy (non-hydrogen) atoms. The zero-order valence-electron chi connectivity index (χ0n) is 29.3. The minimum Gasteiger partial charge on any atom is -0.460 e. The van der Waals surface area contributed by atoms with Crippen molar-refractivity contribution in [1.82, 2.24) is 26.1 Å². The number of carbonyl (C=O) groups is 5. The Morgan fingerprint density at radius 3 is 2.40 bits per heavy atom. The summed E-state index contributed by atoms with van der Waals surface area (Å²) in [6.07, 6.45) is 4.57. The van der Waals surface area contributed by atoms with Crippen LogP contribution in [0.3, 0.4) is 0 Å². The van der Waals surface area contributed by atoms with Crippen molar-refractivity contribution >= 4 is 81.4 Å². The Balaban J connectivity index is 1.66. The Morgan fingerprint density at radius 2 is 1.76 bits per heavy atom. The average molecular weight is 755 g/mol. The van der Waals surface area contributed by atoms with Crippen LogP contribution in [0.25, 0.3) is 17.0 Å². The number of pyridine rings is 1. The van der Waals surface area contributed by atoms with Crippen LogP contribution >= 0.6 is 34.8 Å². The smallest absolute Gasteiger partial charge is 0.325 e. The number of rotatable bonds is 13. The molecule has 5 atom stereocenters. The second-order valence-corrected chi connectivity index (χ2v) is 15.6. The van der Waals surface area contributed by atoms with Crippen LogP contribution in [0.5, 0.6) is 0 Å². The average Bonchev–Trinajstić information content (AvgIpc) is 3.06. The third-order valence-corrected chi connectivity index (χ3v) is 8.73. The molecule has 1 aromatic heterocycles. The summed E-state index contributed by atoms with van der Waals surface area (Å²) in [5, 5.41) is 7.79. The number of fused-ring (bicyclic) bond motifs is 1. The highest BCUT2D eigenvalue weighted by atomic mass is 35.6. The minimum absolute atomic E-state index is 0.249. The molecule has 0 spiro atoms. The van der Waals surface area contributed by atoms with E-state index in [0.717, 1.165) is 10.9 Å². The molecule has 0 bridgehead atoms. The van der Waals surface area contributed by atoms with Crippen LogP contribution in [-0.2, 0) is 33.4 Å². The van der Waals surface area contributed by atoms with E-state index in [4.69, 9.17) is 44.3 Å². The maximum Gasteiger partial charge on any atom is 0.325 e. The highest BCUT2D eigenvalue weighted by Gasteiger charge is 2.36. The van der Waals surface area contributed by atoms with Crippen LogP contribution in [0.1, 0.15) is 85.1 Å². The van der Waals surface area contributed by atoms with Gasteiger partial charge in [-0.05, 0) is 64.2 Å². The van der Waals surface area contributed by atoms with Gasteiger partial charge < -0.3 is 20.1 Å². The molecule has 1 aliphatic heterocycles. The molecule has 3 amide bonds. The molecule has 12 nitrogen and oxygen atoms in total. The lowest BCUT2D eigenvalue weighted by atomic mass is 9.89. The predicted molar refractivity (Wildman–Crippen MR) is 193 cm³/mol. The molecular weight excluding hydrogens is 709 g/mol. The third-order valence-electron chi connectivity index (χ3n) is 8.40. The van der Waals surface area contributed by atoms with E-state index in [1.54, 1.807) is 26.8 Å². The van der Waals surface area contributed by atoms with Crippen molar-refractivity contribution in [3.63, 3.8) is 0 Å². The number of amides is 3. The predicted octanol–water partition coefficient (Wildman–Crippen LogP) is 5.34. The fraction of sp³-hybridized carbons (Fsp3) is 0.543. The lowest BCUT2D eigenvalue weighted by Gasteiger charge is -2.35. The Morgan fingerprint density at radius 1 is 1.08 bits per heavy atom. The lowest BCUT2D eigenvalue weighted by Crippen LogP contribution is -2.61. The molecule has 1 aliphatic rings. The fourth-order valence-electron chi connectivity index (χ4n) is 5.17. The molecular formula is C35H46Cl3N5O7. The highest BCUT2D eigenvalue weighted by molar-refractivity contribution is 6.67. The number of ether oxygens (including phenoxy) is 2. The second kappa shape index (κ2) is 17.7. The zero-order valence-corrected chi connectivity index (χ0v) is 31.6. The van der Waals surface area contributed by atoms with E-state index in [-0.39, 0.29) is 11.8 Å². The van der Waals surface area contributed by atoms with Crippen molar-refractivity contribution in [2.24, 2.45) is 11.3 Å². The molecule has 0 saturated carbocycles. The molecule has 1 saturated heterocycles. The second-order valence-electron chi connectivity index (χ2n) is 13.1. The Hall–Kier alpha value is -3.45. The van der Waals surface area contributed by atoms with E-state index in [1.165, 1.54) is 18.9 Å². The summed E-state index contributed by atoms with van der Waals surface area (Å²) < 4.78 is 8.54. The topological polar surface area (TPSA) is 156 Å². The van der Waals surface area contributed by atoms with Crippen molar-refractivity contribution in [1.29, 1.82) is 0 Å². The maximum absolute atomic E-state index is 13.6. The zero-order chi connectivity index (χ0) is 37.4. The van der Waals surface area contributed by atoms with Crippen LogP contribution in [0.15, 0.2) is 36.4 Å². The Labute approximate surface area is 307 Å². The molecule has 1 aromatic carbocycles. The summed E-state index contributed by atoms with van der Waals surface area (Å²) in [6.45, 7) is 11.7. The summed E-state index contributed by atoms with van der Waals surface area (Å²) in [4.78, 5) is 68.8. The van der Waals surface area contributed by atoms with Gasteiger partial charge in [-0.15, -0.1) is 0 Å². The number of benzene rings is 1. The Kier molecular flexibility index (Phi) is 14.5. The Bertz CT molecular complexity index is 1600. The van der Waals surface area contributed by atoms with Crippen LogP contribution in [0.2, 0.25) is 0 Å². The number of carbonyl (C=O) groups excluding carboxylic acids is 5. The number of nitrogens with zero attached hydrogens (tertiary/aromatic N) is 2. The summed E-state index contributed by atoms with van der Waals surface area (Å²) in [5.74, 6) is -2.66. The van der Waals surface area contributed by atoms with Crippen molar-refractivity contribution in [3.8, 4) is 0 Å². The molecule has 2 heterocycles. The minimum atomic E-state index is -1.76. The quantitative estimate of drug-likeness (QED) is 0.182. The first-order valence-electron chi connectivity index (χ1n) is 16.5. The van der Waals surface area contributed by atoms with E-state index >= 15 is 0 Å². The largest absolute Gasteiger partial charge is 0.460 e. The molecule has 1 fully saturated rings. The van der Waals surface area contributed by atoms with Gasteiger partial charge in [-0.2, -0.15) is 0 Å². The SMILES string of the molecule is CC[C@H](C)[C@H](NC(=O)C(C)(C)/C=C/c1ccc2ccc([C@@H](C)OC(C)=O)nc2c1)C(=O)N[C@@H](C)C(=O)N1CCC[C@@H](C(=O)OCC(Cl)(Cl)Cl)N1. The maximum atomic E-state index is 13.6. The molecule has 15 heteroatoms. The first-order chi connectivity index (χ1) is 23.3. The van der Waals surface area contributed by atoms with Gasteiger partial charge in [0.2, 0.25) is 15.6 Å². The molecule has 3 N–H and O–H groups in total. The molecule has 0 aliphatic carbocycles. The first-order valence-corrected chi connectivity index (χ1v) is 17.6. The van der Waals surface area contributed by atoms with Crippen molar-refractivity contribution in [2.75, 3.05) is 13.2 Å². The van der Waals surface area contributed by atoms with Gasteiger partial charge in [0.05, 0.1) is 16.6 Å². The number of aromatic nitrogens is 1. The van der Waals surface area contributed by atoms with Crippen molar-refractivity contribution in [2.45, 2.75) is 95.8 Å². The van der Waals surface area contributed by atoms with Gasteiger partial charge in [-0.3, -0.25) is 29.0 Å². The normalized spacial score (nSPS) is 17.8. The number of nitrogens with one attached hydrogen (secondary N) is 3. The van der Waals surface area contributed by atoms with E-state index in [9.17, 15) is 24.0 Å². The third kappa shape index (κ3) is 11.8. The lowest BCUT2D eigenvalue weighted by molar-refractivity contribution is -0.153. The molecule has 2 aromatic rings. The fourth-order valence-corrected chi connectivity index (χ4v) is 5.33. The summed E-state index contributed by atoms with van der Waals surface area (Å²) >= 11 is 17.0. The van der Waals surface area contributed by atoms with Crippen molar-refractivity contribution in [3.05, 3.63) is 47.7 Å². The van der Waals surface area contributed by atoms with Gasteiger partial charge in [-0.1, -0.05) is 85.4 Å². The van der Waals surface area contributed by atoms with Crippen molar-refractivity contribution < 1.29 is 33.4 Å².